The third-order valence-electron chi connectivity index (χ3n) is 2.97. The summed E-state index contributed by atoms with van der Waals surface area (Å²) in [5.74, 6) is 0. The van der Waals surface area contributed by atoms with Crippen LogP contribution in [0.3, 0.4) is 0 Å². The zero-order chi connectivity index (χ0) is 13.1. The van der Waals surface area contributed by atoms with Crippen LogP contribution in [0.15, 0.2) is 30.3 Å². The second-order valence-electron chi connectivity index (χ2n) is 4.21. The van der Waals surface area contributed by atoms with Gasteiger partial charge < -0.3 is 10.0 Å². The number of nitrogens with zero attached hydrogens (tertiary/aromatic N) is 2. The predicted molar refractivity (Wildman–Crippen MR) is 72.1 cm³/mol. The van der Waals surface area contributed by atoms with Gasteiger partial charge in [0.15, 0.2) is 0 Å². The first-order chi connectivity index (χ1) is 8.65. The first kappa shape index (κ1) is 12.9. The molecule has 18 heavy (non-hydrogen) atoms. The minimum Gasteiger partial charge on any atom is -0.423 e. The van der Waals surface area contributed by atoms with Crippen molar-refractivity contribution in [2.45, 2.75) is 26.7 Å². The molecule has 1 heterocycles. The predicted octanol–water partition coefficient (Wildman–Crippen LogP) is 0.677. The van der Waals surface area contributed by atoms with E-state index in [1.807, 2.05) is 10.7 Å². The molecule has 94 valence electrons. The molecule has 1 aromatic carbocycles. The maximum atomic E-state index is 9.20. The quantitative estimate of drug-likeness (QED) is 0.777. The normalized spacial score (nSPS) is 10.7. The molecule has 0 bridgehead atoms. The molecule has 0 unspecified atom stereocenters. The maximum absolute atomic E-state index is 9.20. The second-order valence-corrected chi connectivity index (χ2v) is 4.21. The lowest BCUT2D eigenvalue weighted by atomic mass is 9.80. The number of aryl methyl sites for hydroxylation is 2. The highest BCUT2D eigenvalue weighted by molar-refractivity contribution is 6.58. The molecule has 0 amide bonds. The van der Waals surface area contributed by atoms with Crippen molar-refractivity contribution in [2.24, 2.45) is 0 Å². The first-order valence-corrected chi connectivity index (χ1v) is 6.20. The third-order valence-corrected chi connectivity index (χ3v) is 2.97. The number of rotatable bonds is 4. The van der Waals surface area contributed by atoms with Gasteiger partial charge in [-0.05, 0) is 36.5 Å². The maximum Gasteiger partial charge on any atom is 0.488 e. The Hall–Kier alpha value is -1.59. The second kappa shape index (κ2) is 5.37. The molecule has 0 aliphatic heterocycles. The zero-order valence-electron chi connectivity index (χ0n) is 10.7. The van der Waals surface area contributed by atoms with Crippen molar-refractivity contribution < 1.29 is 10.0 Å². The van der Waals surface area contributed by atoms with Crippen LogP contribution in [-0.4, -0.2) is 26.9 Å². The summed E-state index contributed by atoms with van der Waals surface area (Å²) in [5.41, 5.74) is 3.50. The highest BCUT2D eigenvalue weighted by Crippen LogP contribution is 2.13. The smallest absolute Gasteiger partial charge is 0.423 e. The standard InChI is InChI=1S/C13H17BN2O2/c1-3-11-9-12(4-2)16(15-11)13-7-5-6-10(8-13)14(17)18/h5-9,17-18H,3-4H2,1-2H3. The van der Waals surface area contributed by atoms with E-state index in [0.717, 1.165) is 29.9 Å². The molecule has 0 radical (unpaired) electrons. The summed E-state index contributed by atoms with van der Waals surface area (Å²) in [6, 6.07) is 9.23. The lowest BCUT2D eigenvalue weighted by Crippen LogP contribution is -2.30. The van der Waals surface area contributed by atoms with Crippen LogP contribution in [0.1, 0.15) is 25.2 Å². The number of hydrogen-bond donors (Lipinski definition) is 2. The van der Waals surface area contributed by atoms with Gasteiger partial charge in [-0.2, -0.15) is 5.10 Å². The van der Waals surface area contributed by atoms with Crippen molar-refractivity contribution >= 4 is 12.6 Å². The van der Waals surface area contributed by atoms with E-state index >= 15 is 0 Å². The Morgan fingerprint density at radius 3 is 2.56 bits per heavy atom. The lowest BCUT2D eigenvalue weighted by Gasteiger charge is -2.07. The van der Waals surface area contributed by atoms with Gasteiger partial charge in [0.25, 0.3) is 0 Å². The molecule has 0 saturated carbocycles. The van der Waals surface area contributed by atoms with Gasteiger partial charge in [-0.15, -0.1) is 0 Å². The Balaban J connectivity index is 2.47. The van der Waals surface area contributed by atoms with Gasteiger partial charge in [-0.25, -0.2) is 4.68 Å². The summed E-state index contributed by atoms with van der Waals surface area (Å²) in [6.45, 7) is 4.15. The lowest BCUT2D eigenvalue weighted by molar-refractivity contribution is 0.425. The van der Waals surface area contributed by atoms with E-state index in [2.05, 4.69) is 25.0 Å². The summed E-state index contributed by atoms with van der Waals surface area (Å²) in [7, 11) is -1.45. The molecule has 4 nitrogen and oxygen atoms in total. The minimum absolute atomic E-state index is 0.475. The van der Waals surface area contributed by atoms with Gasteiger partial charge in [-0.1, -0.05) is 26.0 Å². The van der Waals surface area contributed by atoms with Crippen molar-refractivity contribution in [1.29, 1.82) is 0 Å². The number of hydrogen-bond acceptors (Lipinski definition) is 3. The highest BCUT2D eigenvalue weighted by Gasteiger charge is 2.13. The van der Waals surface area contributed by atoms with Crippen LogP contribution in [0.4, 0.5) is 0 Å². The van der Waals surface area contributed by atoms with Gasteiger partial charge >= 0.3 is 7.12 Å². The zero-order valence-corrected chi connectivity index (χ0v) is 10.7. The molecule has 0 spiro atoms. The monoisotopic (exact) mass is 244 g/mol. The summed E-state index contributed by atoms with van der Waals surface area (Å²) < 4.78 is 1.87. The van der Waals surface area contributed by atoms with Crippen molar-refractivity contribution in [1.82, 2.24) is 9.78 Å². The molecular weight excluding hydrogens is 227 g/mol. The molecule has 0 aliphatic rings. The van der Waals surface area contributed by atoms with Crippen molar-refractivity contribution in [3.05, 3.63) is 41.7 Å². The number of benzene rings is 1. The van der Waals surface area contributed by atoms with Crippen LogP contribution in [0, 0.1) is 0 Å². The molecular formula is C13H17BN2O2. The van der Waals surface area contributed by atoms with Crippen molar-refractivity contribution in [2.75, 3.05) is 0 Å². The molecule has 1 aromatic heterocycles. The van der Waals surface area contributed by atoms with E-state index in [1.54, 1.807) is 18.2 Å². The average Bonchev–Trinajstić information content (AvgIpc) is 2.82. The molecule has 0 aliphatic carbocycles. The van der Waals surface area contributed by atoms with Gasteiger partial charge in [-0.3, -0.25) is 0 Å². The minimum atomic E-state index is -1.45. The SMILES string of the molecule is CCc1cc(CC)n(-c2cccc(B(O)O)c2)n1. The molecule has 0 atom stereocenters. The van der Waals surface area contributed by atoms with E-state index in [1.165, 1.54) is 0 Å². The molecule has 5 heteroatoms. The highest BCUT2D eigenvalue weighted by atomic mass is 16.4. The average molecular weight is 244 g/mol. The summed E-state index contributed by atoms with van der Waals surface area (Å²) in [4.78, 5) is 0. The molecule has 2 aromatic rings. The topological polar surface area (TPSA) is 58.3 Å². The van der Waals surface area contributed by atoms with Crippen LogP contribution in [-0.2, 0) is 12.8 Å². The molecule has 0 fully saturated rings. The van der Waals surface area contributed by atoms with E-state index < -0.39 is 7.12 Å². The fourth-order valence-corrected chi connectivity index (χ4v) is 1.94. The van der Waals surface area contributed by atoms with Crippen LogP contribution < -0.4 is 5.46 Å². The van der Waals surface area contributed by atoms with E-state index in [4.69, 9.17) is 0 Å². The van der Waals surface area contributed by atoms with E-state index in [0.29, 0.717) is 5.46 Å². The van der Waals surface area contributed by atoms with Gasteiger partial charge in [0.1, 0.15) is 0 Å². The summed E-state index contributed by atoms with van der Waals surface area (Å²) >= 11 is 0. The fourth-order valence-electron chi connectivity index (χ4n) is 1.94. The Morgan fingerprint density at radius 2 is 1.94 bits per heavy atom. The van der Waals surface area contributed by atoms with Crippen molar-refractivity contribution in [3.63, 3.8) is 0 Å². The molecule has 2 rings (SSSR count). The van der Waals surface area contributed by atoms with E-state index in [-0.39, 0.29) is 0 Å². The molecule has 0 saturated heterocycles. The van der Waals surface area contributed by atoms with E-state index in [9.17, 15) is 10.0 Å². The van der Waals surface area contributed by atoms with Crippen molar-refractivity contribution in [3.8, 4) is 5.69 Å². The largest absolute Gasteiger partial charge is 0.488 e. The van der Waals surface area contributed by atoms with Crippen LogP contribution in [0.5, 0.6) is 0 Å². The molecule has 2 N–H and O–H groups in total. The number of aromatic nitrogens is 2. The fraction of sp³-hybridized carbons (Fsp3) is 0.308. The Kier molecular flexibility index (Phi) is 3.84. The third kappa shape index (κ3) is 2.47. The van der Waals surface area contributed by atoms with Gasteiger partial charge in [0.05, 0.1) is 11.4 Å². The Bertz CT molecular complexity index is 538. The van der Waals surface area contributed by atoms with Crippen LogP contribution >= 0.6 is 0 Å². The first-order valence-electron chi connectivity index (χ1n) is 6.20. The van der Waals surface area contributed by atoms with Crippen LogP contribution in [0.2, 0.25) is 0 Å². The Labute approximate surface area is 107 Å². The Morgan fingerprint density at radius 1 is 1.17 bits per heavy atom. The van der Waals surface area contributed by atoms with Crippen LogP contribution in [0.25, 0.3) is 5.69 Å². The summed E-state index contributed by atoms with van der Waals surface area (Å²) in [6.07, 6.45) is 1.78. The van der Waals surface area contributed by atoms with Gasteiger partial charge in [0.2, 0.25) is 0 Å². The van der Waals surface area contributed by atoms with Gasteiger partial charge in [0, 0.05) is 5.69 Å². The summed E-state index contributed by atoms with van der Waals surface area (Å²) in [5, 5.41) is 22.9.